The molecule has 0 aliphatic heterocycles. The van der Waals surface area contributed by atoms with Crippen LogP contribution in [0.1, 0.15) is 22.3 Å². The second-order valence-corrected chi connectivity index (χ2v) is 16.7. The Labute approximate surface area is 362 Å². The Morgan fingerprint density at radius 3 is 1.65 bits per heavy atom. The Hall–Kier alpha value is -8.41. The average Bonchev–Trinajstić information content (AvgIpc) is 4.07. The molecule has 0 unspecified atom stereocenters. The lowest BCUT2D eigenvalue weighted by Crippen LogP contribution is -2.25. The number of fused-ring (bicyclic) bond motifs is 16. The van der Waals surface area contributed by atoms with E-state index in [0.717, 1.165) is 66.0 Å². The molecule has 0 saturated carbocycles. The fourth-order valence-corrected chi connectivity index (χ4v) is 10.8. The molecule has 1 spiro atoms. The first-order valence-electron chi connectivity index (χ1n) is 21.4. The second kappa shape index (κ2) is 12.8. The Morgan fingerprint density at radius 2 is 0.905 bits per heavy atom. The smallest absolute Gasteiger partial charge is 0.238 e. The summed E-state index contributed by atoms with van der Waals surface area (Å²) in [6, 6.07) is 73.8. The van der Waals surface area contributed by atoms with E-state index in [1.807, 2.05) is 24.3 Å². The minimum atomic E-state index is -0.455. The van der Waals surface area contributed by atoms with Crippen LogP contribution in [0.2, 0.25) is 0 Å². The summed E-state index contributed by atoms with van der Waals surface area (Å²) in [5, 5.41) is 4.43. The molecule has 0 atom stereocenters. The van der Waals surface area contributed by atoms with Crippen molar-refractivity contribution in [2.75, 3.05) is 0 Å². The quantitative estimate of drug-likeness (QED) is 0.178. The van der Waals surface area contributed by atoms with E-state index >= 15 is 0 Å². The maximum absolute atomic E-state index is 6.39. The molecule has 12 aromatic rings. The van der Waals surface area contributed by atoms with Crippen molar-refractivity contribution >= 4 is 43.7 Å². The van der Waals surface area contributed by atoms with Crippen molar-refractivity contribution in [3.8, 4) is 62.1 Å². The molecule has 0 amide bonds. The molecule has 2 aliphatic rings. The lowest BCUT2D eigenvalue weighted by molar-refractivity contribution is 0.669. The maximum Gasteiger partial charge on any atom is 0.238 e. The van der Waals surface area contributed by atoms with E-state index in [-0.39, 0.29) is 0 Å². The van der Waals surface area contributed by atoms with Crippen molar-refractivity contribution in [1.29, 1.82) is 0 Å². The number of benzene rings is 9. The van der Waals surface area contributed by atoms with Gasteiger partial charge in [-0.05, 0) is 98.1 Å². The van der Waals surface area contributed by atoms with Crippen molar-refractivity contribution in [2.45, 2.75) is 5.41 Å². The SMILES string of the molecule is c1ccc(-c2cccc(-c3nc(-c4ccc5c(c4)oc4ccccc45)nc(-n4c5ccccc5c5cc6c(cc54)-c4ccccc4C64c5ccccc5-c5ccccc54)n3)c2)cc1. The number of rotatable bonds is 4. The lowest BCUT2D eigenvalue weighted by Gasteiger charge is -2.30. The number of furan rings is 1. The van der Waals surface area contributed by atoms with Gasteiger partial charge in [-0.1, -0.05) is 164 Å². The topological polar surface area (TPSA) is 56.7 Å². The summed E-state index contributed by atoms with van der Waals surface area (Å²) in [4.78, 5) is 16.0. The molecule has 5 nitrogen and oxygen atoms in total. The summed E-state index contributed by atoms with van der Waals surface area (Å²) in [7, 11) is 0. The summed E-state index contributed by atoms with van der Waals surface area (Å²) >= 11 is 0. The predicted molar refractivity (Wildman–Crippen MR) is 254 cm³/mol. The van der Waals surface area contributed by atoms with E-state index in [9.17, 15) is 0 Å². The highest BCUT2D eigenvalue weighted by Gasteiger charge is 2.51. The monoisotopic (exact) mass is 802 g/mol. The Balaban J connectivity index is 1.05. The van der Waals surface area contributed by atoms with Crippen LogP contribution in [-0.4, -0.2) is 19.5 Å². The molecule has 2 aliphatic carbocycles. The zero-order valence-electron chi connectivity index (χ0n) is 33.8. The summed E-state index contributed by atoms with van der Waals surface area (Å²) in [5.74, 6) is 1.71. The van der Waals surface area contributed by atoms with E-state index in [1.165, 1.54) is 44.5 Å². The first-order chi connectivity index (χ1) is 31.2. The van der Waals surface area contributed by atoms with E-state index in [4.69, 9.17) is 19.4 Å². The Kier molecular flexibility index (Phi) is 6.97. The molecule has 9 aromatic carbocycles. The van der Waals surface area contributed by atoms with Crippen molar-refractivity contribution in [3.05, 3.63) is 229 Å². The van der Waals surface area contributed by atoms with Crippen LogP contribution in [0.25, 0.3) is 106 Å². The van der Waals surface area contributed by atoms with Gasteiger partial charge < -0.3 is 4.42 Å². The van der Waals surface area contributed by atoms with Crippen molar-refractivity contribution in [3.63, 3.8) is 0 Å². The van der Waals surface area contributed by atoms with Crippen LogP contribution < -0.4 is 0 Å². The third-order valence-electron chi connectivity index (χ3n) is 13.5. The number of nitrogens with zero attached hydrogens (tertiary/aromatic N) is 4. The molecular formula is C58H34N4O. The number of hydrogen-bond acceptors (Lipinski definition) is 4. The fourth-order valence-electron chi connectivity index (χ4n) is 10.8. The number of aromatic nitrogens is 4. The molecule has 0 N–H and O–H groups in total. The van der Waals surface area contributed by atoms with Crippen molar-refractivity contribution < 1.29 is 4.42 Å². The zero-order chi connectivity index (χ0) is 41.2. The highest BCUT2D eigenvalue weighted by molar-refractivity contribution is 6.12. The van der Waals surface area contributed by atoms with Gasteiger partial charge in [-0.2, -0.15) is 9.97 Å². The molecule has 0 fully saturated rings. The molecule has 0 saturated heterocycles. The summed E-state index contributed by atoms with van der Waals surface area (Å²) in [6.07, 6.45) is 0. The van der Waals surface area contributed by atoms with Gasteiger partial charge in [-0.3, -0.25) is 4.57 Å². The standard InChI is InChI=1S/C58H34N4O/c1-2-15-35(16-3-1)36-17-14-18-37(31-36)55-59-56(38-29-30-44-43-23-8-13-28-53(43)63-54(44)32-38)61-57(60-55)62-51-27-12-7-22-42(51)46-33-50-45(34-52(46)62)41-21-6-11-26-49(41)58(50)47-24-9-4-19-39(47)40-20-5-10-25-48(40)58/h1-34H. The molecule has 5 heteroatoms. The van der Waals surface area contributed by atoms with E-state index in [2.05, 4.69) is 187 Å². The van der Waals surface area contributed by atoms with Crippen molar-refractivity contribution in [2.24, 2.45) is 0 Å². The first kappa shape index (κ1) is 34.3. The summed E-state index contributed by atoms with van der Waals surface area (Å²) in [6.45, 7) is 0. The molecule has 0 bridgehead atoms. The first-order valence-corrected chi connectivity index (χ1v) is 21.4. The molecule has 63 heavy (non-hydrogen) atoms. The van der Waals surface area contributed by atoms with Gasteiger partial charge in [-0.15, -0.1) is 0 Å². The third kappa shape index (κ3) is 4.73. The zero-order valence-corrected chi connectivity index (χ0v) is 33.8. The van der Waals surface area contributed by atoms with Crippen LogP contribution in [-0.2, 0) is 5.41 Å². The van der Waals surface area contributed by atoms with E-state index < -0.39 is 5.41 Å². The van der Waals surface area contributed by atoms with Gasteiger partial charge in [-0.25, -0.2) is 4.98 Å². The third-order valence-corrected chi connectivity index (χ3v) is 13.5. The van der Waals surface area contributed by atoms with Gasteiger partial charge in [0.05, 0.1) is 16.4 Å². The Morgan fingerprint density at radius 1 is 0.333 bits per heavy atom. The van der Waals surface area contributed by atoms with E-state index in [0.29, 0.717) is 17.6 Å². The molecule has 292 valence electrons. The summed E-state index contributed by atoms with van der Waals surface area (Å²) < 4.78 is 8.63. The minimum absolute atomic E-state index is 0.455. The highest BCUT2D eigenvalue weighted by Crippen LogP contribution is 2.63. The van der Waals surface area contributed by atoms with Gasteiger partial charge in [0, 0.05) is 32.7 Å². The van der Waals surface area contributed by atoms with Crippen LogP contribution in [0.3, 0.4) is 0 Å². The van der Waals surface area contributed by atoms with Gasteiger partial charge in [0.15, 0.2) is 11.6 Å². The molecule has 3 heterocycles. The van der Waals surface area contributed by atoms with Gasteiger partial charge >= 0.3 is 0 Å². The van der Waals surface area contributed by atoms with Gasteiger partial charge in [0.2, 0.25) is 5.95 Å². The van der Waals surface area contributed by atoms with E-state index in [1.54, 1.807) is 0 Å². The van der Waals surface area contributed by atoms with Crippen LogP contribution in [0, 0.1) is 0 Å². The van der Waals surface area contributed by atoms with Crippen LogP contribution in [0.4, 0.5) is 0 Å². The molecule has 14 rings (SSSR count). The average molecular weight is 803 g/mol. The number of hydrogen-bond donors (Lipinski definition) is 0. The largest absolute Gasteiger partial charge is 0.456 e. The minimum Gasteiger partial charge on any atom is -0.456 e. The van der Waals surface area contributed by atoms with Crippen LogP contribution >= 0.6 is 0 Å². The number of para-hydroxylation sites is 2. The second-order valence-electron chi connectivity index (χ2n) is 16.7. The van der Waals surface area contributed by atoms with Crippen molar-refractivity contribution in [1.82, 2.24) is 19.5 Å². The molecule has 3 aromatic heterocycles. The normalized spacial score (nSPS) is 13.2. The van der Waals surface area contributed by atoms with Gasteiger partial charge in [0.1, 0.15) is 11.2 Å². The highest BCUT2D eigenvalue weighted by atomic mass is 16.3. The summed E-state index contributed by atoms with van der Waals surface area (Å²) in [5.41, 5.74) is 17.5. The lowest BCUT2D eigenvalue weighted by atomic mass is 9.70. The van der Waals surface area contributed by atoms with Crippen LogP contribution in [0.5, 0.6) is 0 Å². The Bertz CT molecular complexity index is 3830. The van der Waals surface area contributed by atoms with Gasteiger partial charge in [0.25, 0.3) is 0 Å². The fraction of sp³-hybridized carbons (Fsp3) is 0.0172. The maximum atomic E-state index is 6.39. The predicted octanol–water partition coefficient (Wildman–Crippen LogP) is 14.2. The molecular weight excluding hydrogens is 769 g/mol. The van der Waals surface area contributed by atoms with Crippen LogP contribution in [0.15, 0.2) is 211 Å². The molecule has 0 radical (unpaired) electrons.